The van der Waals surface area contributed by atoms with Crippen LogP contribution in [0.15, 0.2) is 59.5 Å². The van der Waals surface area contributed by atoms with E-state index < -0.39 is 40.0 Å². The van der Waals surface area contributed by atoms with E-state index in [0.717, 1.165) is 4.31 Å². The standard InChI is InChI=1S/C19H19ClN4O5S/c1-19(13-6-4-3-5-7-13)17(26)24(18(27)21-19)22-16(25)12-23(2)30(28,29)15-10-8-14(20)9-11-15/h3-11H,12H2,1-2H3,(H,21,27)(H,22,25)/t19-/m1/s1. The van der Waals surface area contributed by atoms with Gasteiger partial charge < -0.3 is 5.32 Å². The van der Waals surface area contributed by atoms with Gasteiger partial charge in [0.1, 0.15) is 5.54 Å². The van der Waals surface area contributed by atoms with Crippen LogP contribution in [0.2, 0.25) is 5.02 Å². The van der Waals surface area contributed by atoms with Gasteiger partial charge in [0.2, 0.25) is 10.0 Å². The van der Waals surface area contributed by atoms with E-state index in [2.05, 4.69) is 10.7 Å². The first-order valence-corrected chi connectivity index (χ1v) is 10.6. The Morgan fingerprint density at radius 1 is 1.13 bits per heavy atom. The van der Waals surface area contributed by atoms with Crippen molar-refractivity contribution in [2.75, 3.05) is 13.6 Å². The average molecular weight is 451 g/mol. The van der Waals surface area contributed by atoms with E-state index in [-0.39, 0.29) is 4.90 Å². The largest absolute Gasteiger partial charge is 0.344 e. The van der Waals surface area contributed by atoms with Crippen molar-refractivity contribution in [3.05, 3.63) is 65.2 Å². The van der Waals surface area contributed by atoms with E-state index in [1.165, 1.54) is 38.2 Å². The molecule has 11 heteroatoms. The summed E-state index contributed by atoms with van der Waals surface area (Å²) in [4.78, 5) is 37.4. The summed E-state index contributed by atoms with van der Waals surface area (Å²) >= 11 is 5.77. The monoisotopic (exact) mass is 450 g/mol. The van der Waals surface area contributed by atoms with Crippen molar-refractivity contribution in [2.24, 2.45) is 0 Å². The van der Waals surface area contributed by atoms with Gasteiger partial charge in [-0.25, -0.2) is 13.2 Å². The lowest BCUT2D eigenvalue weighted by molar-refractivity contribution is -0.138. The van der Waals surface area contributed by atoms with Crippen LogP contribution in [0.3, 0.4) is 0 Å². The molecule has 0 saturated carbocycles. The van der Waals surface area contributed by atoms with Crippen LogP contribution >= 0.6 is 11.6 Å². The van der Waals surface area contributed by atoms with Crippen molar-refractivity contribution in [3.63, 3.8) is 0 Å². The van der Waals surface area contributed by atoms with Crippen molar-refractivity contribution >= 4 is 39.5 Å². The molecule has 3 rings (SSSR count). The number of carbonyl (C=O) groups excluding carboxylic acids is 3. The molecule has 0 radical (unpaired) electrons. The van der Waals surface area contributed by atoms with Gasteiger partial charge in [0, 0.05) is 12.1 Å². The summed E-state index contributed by atoms with van der Waals surface area (Å²) in [5.74, 6) is -1.54. The maximum Gasteiger partial charge on any atom is 0.344 e. The van der Waals surface area contributed by atoms with Crippen LogP contribution in [0, 0.1) is 0 Å². The Bertz CT molecular complexity index is 1090. The number of benzene rings is 2. The average Bonchev–Trinajstić information content (AvgIpc) is 2.93. The topological polar surface area (TPSA) is 116 Å². The Hall–Kier alpha value is -2.95. The number of amides is 4. The molecule has 9 nitrogen and oxygen atoms in total. The Morgan fingerprint density at radius 3 is 2.33 bits per heavy atom. The predicted molar refractivity (Wildman–Crippen MR) is 109 cm³/mol. The zero-order valence-corrected chi connectivity index (χ0v) is 17.7. The number of carbonyl (C=O) groups is 3. The Labute approximate surface area is 178 Å². The number of rotatable bonds is 6. The highest BCUT2D eigenvalue weighted by Crippen LogP contribution is 2.27. The molecule has 0 aromatic heterocycles. The minimum Gasteiger partial charge on any atom is -0.318 e. The van der Waals surface area contributed by atoms with Crippen molar-refractivity contribution in [3.8, 4) is 0 Å². The summed E-state index contributed by atoms with van der Waals surface area (Å²) in [5.41, 5.74) is 1.36. The lowest BCUT2D eigenvalue weighted by Crippen LogP contribution is -2.50. The molecule has 158 valence electrons. The maximum atomic E-state index is 12.8. The SMILES string of the molecule is CN(CC(=O)NN1C(=O)N[C@](C)(c2ccccc2)C1=O)S(=O)(=O)c1ccc(Cl)cc1. The van der Waals surface area contributed by atoms with Crippen LogP contribution in [0.5, 0.6) is 0 Å². The van der Waals surface area contributed by atoms with E-state index in [9.17, 15) is 22.8 Å². The minimum absolute atomic E-state index is 0.0474. The van der Waals surface area contributed by atoms with Gasteiger partial charge >= 0.3 is 6.03 Å². The molecule has 0 aliphatic carbocycles. The van der Waals surface area contributed by atoms with Crippen molar-refractivity contribution in [1.82, 2.24) is 20.1 Å². The maximum absolute atomic E-state index is 12.8. The van der Waals surface area contributed by atoms with Crippen molar-refractivity contribution in [1.29, 1.82) is 0 Å². The number of hydrogen-bond donors (Lipinski definition) is 2. The summed E-state index contributed by atoms with van der Waals surface area (Å²) in [6.07, 6.45) is 0. The summed E-state index contributed by atoms with van der Waals surface area (Å²) < 4.78 is 26.0. The lowest BCUT2D eigenvalue weighted by Gasteiger charge is -2.22. The molecule has 1 aliphatic rings. The van der Waals surface area contributed by atoms with Crippen LogP contribution in [-0.2, 0) is 25.2 Å². The number of halogens is 1. The molecule has 1 heterocycles. The first kappa shape index (κ1) is 21.8. The molecular weight excluding hydrogens is 432 g/mol. The van der Waals surface area contributed by atoms with Gasteiger partial charge in [0.25, 0.3) is 11.8 Å². The van der Waals surface area contributed by atoms with Crippen LogP contribution in [0.1, 0.15) is 12.5 Å². The summed E-state index contributed by atoms with van der Waals surface area (Å²) in [7, 11) is -2.76. The van der Waals surface area contributed by atoms with Crippen molar-refractivity contribution < 1.29 is 22.8 Å². The summed E-state index contributed by atoms with van der Waals surface area (Å²) in [5, 5.41) is 3.47. The minimum atomic E-state index is -3.97. The van der Waals surface area contributed by atoms with Gasteiger partial charge in [0.15, 0.2) is 0 Å². The third-order valence-electron chi connectivity index (χ3n) is 4.67. The fourth-order valence-corrected chi connectivity index (χ4v) is 4.19. The number of nitrogens with one attached hydrogen (secondary N) is 2. The Balaban J connectivity index is 1.71. The second-order valence-electron chi connectivity index (χ2n) is 6.81. The van der Waals surface area contributed by atoms with Gasteiger partial charge in [-0.2, -0.15) is 9.31 Å². The third kappa shape index (κ3) is 4.02. The predicted octanol–water partition coefficient (Wildman–Crippen LogP) is 1.46. The zero-order chi connectivity index (χ0) is 22.1. The van der Waals surface area contributed by atoms with E-state index in [1.807, 2.05) is 0 Å². The van der Waals surface area contributed by atoms with E-state index in [0.29, 0.717) is 15.6 Å². The number of hydrazine groups is 1. The number of urea groups is 1. The van der Waals surface area contributed by atoms with Crippen LogP contribution in [0.4, 0.5) is 4.79 Å². The highest BCUT2D eigenvalue weighted by atomic mass is 35.5. The number of nitrogens with zero attached hydrogens (tertiary/aromatic N) is 2. The third-order valence-corrected chi connectivity index (χ3v) is 6.74. The summed E-state index contributed by atoms with van der Waals surface area (Å²) in [6, 6.07) is 13.2. The van der Waals surface area contributed by atoms with Crippen LogP contribution in [0.25, 0.3) is 0 Å². The molecular formula is C19H19ClN4O5S. The van der Waals surface area contributed by atoms with E-state index in [1.54, 1.807) is 30.3 Å². The number of hydrogen-bond acceptors (Lipinski definition) is 5. The smallest absolute Gasteiger partial charge is 0.318 e. The highest BCUT2D eigenvalue weighted by Gasteiger charge is 2.50. The fraction of sp³-hybridized carbons (Fsp3) is 0.211. The number of likely N-dealkylation sites (N-methyl/N-ethyl adjacent to an activating group) is 1. The molecule has 2 aromatic carbocycles. The molecule has 1 aliphatic heterocycles. The molecule has 0 unspecified atom stereocenters. The molecule has 1 saturated heterocycles. The molecule has 0 spiro atoms. The fourth-order valence-electron chi connectivity index (χ4n) is 2.94. The van der Waals surface area contributed by atoms with Gasteiger partial charge in [-0.05, 0) is 36.8 Å². The molecule has 0 bridgehead atoms. The summed E-state index contributed by atoms with van der Waals surface area (Å²) in [6.45, 7) is 0.913. The molecule has 1 fully saturated rings. The molecule has 2 aromatic rings. The van der Waals surface area contributed by atoms with Gasteiger partial charge in [0.05, 0.1) is 11.4 Å². The van der Waals surface area contributed by atoms with Gasteiger partial charge in [-0.1, -0.05) is 41.9 Å². The normalized spacial score (nSPS) is 19.1. The zero-order valence-electron chi connectivity index (χ0n) is 16.1. The molecule has 4 amide bonds. The molecule has 30 heavy (non-hydrogen) atoms. The highest BCUT2D eigenvalue weighted by molar-refractivity contribution is 7.89. The lowest BCUT2D eigenvalue weighted by atomic mass is 9.92. The van der Waals surface area contributed by atoms with Gasteiger partial charge in [-0.3, -0.25) is 15.0 Å². The molecule has 2 N–H and O–H groups in total. The first-order chi connectivity index (χ1) is 14.1. The Morgan fingerprint density at radius 2 is 1.73 bits per heavy atom. The van der Waals surface area contributed by atoms with Crippen molar-refractivity contribution in [2.45, 2.75) is 17.4 Å². The van der Waals surface area contributed by atoms with Gasteiger partial charge in [-0.15, -0.1) is 0 Å². The number of sulfonamides is 1. The molecule has 1 atom stereocenters. The second kappa shape index (κ2) is 8.05. The number of imide groups is 1. The van der Waals surface area contributed by atoms with E-state index in [4.69, 9.17) is 11.6 Å². The Kier molecular flexibility index (Phi) is 5.84. The first-order valence-electron chi connectivity index (χ1n) is 8.79. The van der Waals surface area contributed by atoms with Crippen LogP contribution in [-0.4, -0.2) is 49.2 Å². The quantitative estimate of drug-likeness (QED) is 0.646. The van der Waals surface area contributed by atoms with E-state index >= 15 is 0 Å². The second-order valence-corrected chi connectivity index (χ2v) is 9.29. The van der Waals surface area contributed by atoms with Crippen LogP contribution < -0.4 is 10.7 Å².